The normalized spacial score (nSPS) is 17.5. The zero-order chi connectivity index (χ0) is 15.1. The number of nitrogens with zero attached hydrogens (tertiary/aromatic N) is 2. The Morgan fingerprint density at radius 1 is 1.14 bits per heavy atom. The number of aromatic nitrogens is 2. The van der Waals surface area contributed by atoms with Crippen molar-refractivity contribution in [3.05, 3.63) is 71.4 Å². The summed E-state index contributed by atoms with van der Waals surface area (Å²) in [6.07, 6.45) is 2.94. The monoisotopic (exact) mass is 292 g/mol. The van der Waals surface area contributed by atoms with E-state index in [4.69, 9.17) is 4.42 Å². The van der Waals surface area contributed by atoms with Crippen LogP contribution in [0.15, 0.2) is 53.1 Å². The van der Waals surface area contributed by atoms with Crippen LogP contribution in [0.4, 0.5) is 0 Å². The first kappa shape index (κ1) is 13.1. The fourth-order valence-corrected chi connectivity index (χ4v) is 3.11. The van der Waals surface area contributed by atoms with Gasteiger partial charge in [-0.2, -0.15) is 5.10 Å². The second kappa shape index (κ2) is 4.98. The summed E-state index contributed by atoms with van der Waals surface area (Å²) in [6, 6.07) is 13.8. The average Bonchev–Trinajstić information content (AvgIpc) is 3.14. The van der Waals surface area contributed by atoms with Crippen LogP contribution in [-0.4, -0.2) is 15.6 Å². The summed E-state index contributed by atoms with van der Waals surface area (Å²) in [6.45, 7) is 1.92. The molecule has 22 heavy (non-hydrogen) atoms. The van der Waals surface area contributed by atoms with Gasteiger partial charge >= 0.3 is 0 Å². The van der Waals surface area contributed by atoms with Crippen LogP contribution in [-0.2, 0) is 6.42 Å². The smallest absolute Gasteiger partial charge is 0.167 e. The van der Waals surface area contributed by atoms with Gasteiger partial charge in [-0.3, -0.25) is 4.79 Å². The van der Waals surface area contributed by atoms with E-state index in [0.717, 1.165) is 34.9 Å². The van der Waals surface area contributed by atoms with Crippen LogP contribution >= 0.6 is 0 Å². The van der Waals surface area contributed by atoms with Crippen LogP contribution < -0.4 is 0 Å². The van der Waals surface area contributed by atoms with Crippen LogP contribution in [0.25, 0.3) is 5.69 Å². The first-order chi connectivity index (χ1) is 10.7. The lowest BCUT2D eigenvalue weighted by Crippen LogP contribution is -2.19. The van der Waals surface area contributed by atoms with Crippen molar-refractivity contribution in [1.29, 1.82) is 0 Å². The van der Waals surface area contributed by atoms with Gasteiger partial charge in [-0.05, 0) is 31.2 Å². The second-order valence-corrected chi connectivity index (χ2v) is 5.73. The average molecular weight is 292 g/mol. The number of hydrogen-bond acceptors (Lipinski definition) is 3. The number of rotatable bonds is 2. The molecule has 1 unspecified atom stereocenters. The quantitative estimate of drug-likeness (QED) is 0.723. The lowest BCUT2D eigenvalue weighted by Gasteiger charge is -2.21. The molecule has 2 heterocycles. The number of hydrogen-bond donors (Lipinski definition) is 0. The van der Waals surface area contributed by atoms with E-state index in [1.807, 2.05) is 54.1 Å². The van der Waals surface area contributed by atoms with Crippen LogP contribution in [0, 0.1) is 6.92 Å². The number of para-hydroxylation sites is 1. The number of carbonyl (C=O) groups excluding carboxylic acids is 1. The molecule has 0 N–H and O–H groups in total. The van der Waals surface area contributed by atoms with Crippen molar-refractivity contribution in [1.82, 2.24) is 9.78 Å². The van der Waals surface area contributed by atoms with Gasteiger partial charge in [0.05, 0.1) is 23.1 Å². The Labute approximate surface area is 128 Å². The van der Waals surface area contributed by atoms with E-state index in [-0.39, 0.29) is 11.7 Å². The molecule has 0 saturated heterocycles. The highest BCUT2D eigenvalue weighted by atomic mass is 16.3. The molecule has 1 aliphatic carbocycles. The van der Waals surface area contributed by atoms with Gasteiger partial charge in [-0.25, -0.2) is 4.68 Å². The highest BCUT2D eigenvalue weighted by Crippen LogP contribution is 2.34. The minimum Gasteiger partial charge on any atom is -0.466 e. The SMILES string of the molecule is Cc1ccc(C2CC(=O)c3cnn(-c4ccccc4)c3C2)o1. The molecular weight excluding hydrogens is 276 g/mol. The maximum absolute atomic E-state index is 12.4. The number of Topliss-reactive ketones (excluding diaryl/α,β-unsaturated/α-hetero) is 1. The molecule has 3 aromatic rings. The molecule has 1 aliphatic rings. The number of benzene rings is 1. The van der Waals surface area contributed by atoms with Gasteiger partial charge in [-0.15, -0.1) is 0 Å². The maximum Gasteiger partial charge on any atom is 0.167 e. The summed E-state index contributed by atoms with van der Waals surface area (Å²) in [5, 5.41) is 4.42. The van der Waals surface area contributed by atoms with E-state index in [1.165, 1.54) is 0 Å². The van der Waals surface area contributed by atoms with Gasteiger partial charge in [0.15, 0.2) is 5.78 Å². The Morgan fingerprint density at radius 2 is 1.95 bits per heavy atom. The lowest BCUT2D eigenvalue weighted by atomic mass is 9.85. The highest BCUT2D eigenvalue weighted by Gasteiger charge is 2.31. The van der Waals surface area contributed by atoms with E-state index < -0.39 is 0 Å². The molecule has 4 heteroatoms. The minimum atomic E-state index is 0.0906. The van der Waals surface area contributed by atoms with E-state index >= 15 is 0 Å². The van der Waals surface area contributed by atoms with Gasteiger partial charge in [0, 0.05) is 18.8 Å². The predicted octanol–water partition coefficient (Wildman–Crippen LogP) is 3.69. The highest BCUT2D eigenvalue weighted by molar-refractivity contribution is 5.98. The van der Waals surface area contributed by atoms with E-state index in [0.29, 0.717) is 6.42 Å². The molecule has 2 aromatic heterocycles. The number of furan rings is 1. The van der Waals surface area contributed by atoms with E-state index in [2.05, 4.69) is 5.10 Å². The molecular formula is C18H16N2O2. The van der Waals surface area contributed by atoms with Crippen LogP contribution in [0.3, 0.4) is 0 Å². The fraction of sp³-hybridized carbons (Fsp3) is 0.222. The molecule has 0 radical (unpaired) electrons. The Balaban J connectivity index is 1.76. The largest absolute Gasteiger partial charge is 0.466 e. The summed E-state index contributed by atoms with van der Waals surface area (Å²) in [7, 11) is 0. The van der Waals surface area contributed by atoms with Crippen LogP contribution in [0.1, 0.15) is 39.9 Å². The number of ketones is 1. The number of fused-ring (bicyclic) bond motifs is 1. The van der Waals surface area contributed by atoms with Crippen LogP contribution in [0.2, 0.25) is 0 Å². The van der Waals surface area contributed by atoms with Gasteiger partial charge in [-0.1, -0.05) is 18.2 Å². The third kappa shape index (κ3) is 2.08. The molecule has 110 valence electrons. The van der Waals surface area contributed by atoms with Crippen molar-refractivity contribution < 1.29 is 9.21 Å². The summed E-state index contributed by atoms with van der Waals surface area (Å²) in [5.41, 5.74) is 2.69. The number of carbonyl (C=O) groups is 1. The van der Waals surface area contributed by atoms with Crippen molar-refractivity contribution in [2.45, 2.75) is 25.7 Å². The molecule has 1 aromatic carbocycles. The fourth-order valence-electron chi connectivity index (χ4n) is 3.11. The maximum atomic E-state index is 12.4. The first-order valence-corrected chi connectivity index (χ1v) is 7.44. The van der Waals surface area contributed by atoms with Crippen molar-refractivity contribution >= 4 is 5.78 Å². The molecule has 0 fully saturated rings. The van der Waals surface area contributed by atoms with Gasteiger partial charge in [0.2, 0.25) is 0 Å². The van der Waals surface area contributed by atoms with Crippen LogP contribution in [0.5, 0.6) is 0 Å². The van der Waals surface area contributed by atoms with Gasteiger partial charge in [0.1, 0.15) is 11.5 Å². The predicted molar refractivity (Wildman–Crippen MR) is 82.4 cm³/mol. The summed E-state index contributed by atoms with van der Waals surface area (Å²) in [4.78, 5) is 12.4. The van der Waals surface area contributed by atoms with E-state index in [1.54, 1.807) is 6.20 Å². The third-order valence-corrected chi connectivity index (χ3v) is 4.21. The Morgan fingerprint density at radius 3 is 2.68 bits per heavy atom. The zero-order valence-corrected chi connectivity index (χ0v) is 12.3. The van der Waals surface area contributed by atoms with Crippen molar-refractivity contribution in [3.63, 3.8) is 0 Å². The Hall–Kier alpha value is -2.62. The molecule has 4 nitrogen and oxygen atoms in total. The van der Waals surface area contributed by atoms with Crippen molar-refractivity contribution in [3.8, 4) is 5.69 Å². The van der Waals surface area contributed by atoms with Gasteiger partial charge < -0.3 is 4.42 Å². The molecule has 0 aliphatic heterocycles. The lowest BCUT2D eigenvalue weighted by molar-refractivity contribution is 0.0959. The van der Waals surface area contributed by atoms with E-state index in [9.17, 15) is 4.79 Å². The third-order valence-electron chi connectivity index (χ3n) is 4.21. The molecule has 1 atom stereocenters. The Kier molecular flexibility index (Phi) is 2.96. The minimum absolute atomic E-state index is 0.0906. The molecule has 4 rings (SSSR count). The summed E-state index contributed by atoms with van der Waals surface area (Å²) in [5.74, 6) is 2.00. The molecule has 0 spiro atoms. The summed E-state index contributed by atoms with van der Waals surface area (Å²) < 4.78 is 7.60. The van der Waals surface area contributed by atoms with Gasteiger partial charge in [0.25, 0.3) is 0 Å². The summed E-state index contributed by atoms with van der Waals surface area (Å²) >= 11 is 0. The number of aryl methyl sites for hydroxylation is 1. The van der Waals surface area contributed by atoms with Crippen molar-refractivity contribution in [2.75, 3.05) is 0 Å². The van der Waals surface area contributed by atoms with Crippen molar-refractivity contribution in [2.24, 2.45) is 0 Å². The molecule has 0 amide bonds. The molecule has 0 saturated carbocycles. The molecule has 0 bridgehead atoms. The zero-order valence-electron chi connectivity index (χ0n) is 12.3. The topological polar surface area (TPSA) is 48.0 Å². The Bertz CT molecular complexity index is 830. The second-order valence-electron chi connectivity index (χ2n) is 5.73. The standard InChI is InChI=1S/C18H16N2O2/c1-12-7-8-18(22-12)13-9-16-15(17(21)10-13)11-19-20(16)14-5-3-2-4-6-14/h2-8,11,13H,9-10H2,1H3. The first-order valence-electron chi connectivity index (χ1n) is 7.44.